The van der Waals surface area contributed by atoms with Gasteiger partial charge in [-0.15, -0.1) is 0 Å². The van der Waals surface area contributed by atoms with Gasteiger partial charge >= 0.3 is 147 Å². The van der Waals surface area contributed by atoms with Gasteiger partial charge in [0.1, 0.15) is 0 Å². The van der Waals surface area contributed by atoms with Crippen LogP contribution in [0.1, 0.15) is 64.9 Å². The van der Waals surface area contributed by atoms with Gasteiger partial charge in [0.2, 0.25) is 0 Å². The molecule has 1 heterocycles. The molecule has 0 radical (unpaired) electrons. The van der Waals surface area contributed by atoms with E-state index in [2.05, 4.69) is 56.9 Å². The molecule has 2 rings (SSSR count). The summed E-state index contributed by atoms with van der Waals surface area (Å²) < 4.78 is 6.37. The van der Waals surface area contributed by atoms with Crippen molar-refractivity contribution in [1.29, 1.82) is 0 Å². The minimum absolute atomic E-state index is 1.34. The van der Waals surface area contributed by atoms with Crippen molar-refractivity contribution >= 4 is 33.0 Å². The summed E-state index contributed by atoms with van der Waals surface area (Å²) in [6.45, 7) is 9.45. The molecule has 128 valence electrons. The minimum atomic E-state index is -2.32. The van der Waals surface area contributed by atoms with Crippen LogP contribution in [0.15, 0.2) is 24.3 Å². The first kappa shape index (κ1) is 18.9. The van der Waals surface area contributed by atoms with Crippen molar-refractivity contribution < 1.29 is 0 Å². The quantitative estimate of drug-likeness (QED) is 0.421. The van der Waals surface area contributed by atoms with Crippen molar-refractivity contribution in [2.45, 2.75) is 79.5 Å². The van der Waals surface area contributed by atoms with Crippen LogP contribution in [0.2, 0.25) is 13.3 Å². The number of benzene rings is 1. The summed E-state index contributed by atoms with van der Waals surface area (Å²) in [4.78, 5) is 3.92. The van der Waals surface area contributed by atoms with Crippen LogP contribution in [0, 0.1) is 6.92 Å². The molecule has 1 nitrogen and oxygen atoms in total. The summed E-state index contributed by atoms with van der Waals surface area (Å²) in [5.41, 5.74) is 2.95. The molecule has 0 bridgehead atoms. The van der Waals surface area contributed by atoms with Gasteiger partial charge in [-0.3, -0.25) is 0 Å². The average molecular weight is 420 g/mol. The number of para-hydroxylation sites is 1. The average Bonchev–Trinajstić information content (AvgIpc) is 2.92. The molecule has 0 amide bonds. The molecule has 0 saturated heterocycles. The Balaban J connectivity index is 2.48. The van der Waals surface area contributed by atoms with E-state index in [1.807, 2.05) is 0 Å². The molecule has 0 unspecified atom stereocenters. The molecule has 1 N–H and O–H groups in total. The van der Waals surface area contributed by atoms with Crippen molar-refractivity contribution in [3.63, 3.8) is 0 Å². The summed E-state index contributed by atoms with van der Waals surface area (Å²) in [7, 11) is 0. The Hall–Kier alpha value is -0.441. The van der Waals surface area contributed by atoms with Gasteiger partial charge in [0.05, 0.1) is 0 Å². The van der Waals surface area contributed by atoms with E-state index < -0.39 is 18.4 Å². The molecule has 0 spiro atoms. The number of H-pyrrole nitrogens is 1. The van der Waals surface area contributed by atoms with Gasteiger partial charge in [-0.25, -0.2) is 0 Å². The zero-order chi connectivity index (χ0) is 16.7. The SMILES string of the molecule is CCC[CH2][Sn]([CH2]CCC)([CH2]CCC)[c]1[nH]c2ccccc2c1C. The van der Waals surface area contributed by atoms with Gasteiger partial charge < -0.3 is 0 Å². The van der Waals surface area contributed by atoms with E-state index in [1.54, 1.807) is 22.6 Å². The Morgan fingerprint density at radius 1 is 0.826 bits per heavy atom. The molecular formula is C21H35NSn. The third-order valence-corrected chi connectivity index (χ3v) is 21.2. The summed E-state index contributed by atoms with van der Waals surface area (Å²) in [6, 6.07) is 8.93. The van der Waals surface area contributed by atoms with Gasteiger partial charge in [-0.1, -0.05) is 0 Å². The van der Waals surface area contributed by atoms with E-state index in [4.69, 9.17) is 0 Å². The van der Waals surface area contributed by atoms with Gasteiger partial charge in [0, 0.05) is 0 Å². The molecule has 0 saturated carbocycles. The fraction of sp³-hybridized carbons (Fsp3) is 0.619. The first-order chi connectivity index (χ1) is 11.2. The number of hydrogen-bond acceptors (Lipinski definition) is 0. The number of hydrogen-bond donors (Lipinski definition) is 1. The predicted molar refractivity (Wildman–Crippen MR) is 108 cm³/mol. The van der Waals surface area contributed by atoms with Gasteiger partial charge in [-0.05, 0) is 0 Å². The molecule has 1 aromatic carbocycles. The zero-order valence-corrected chi connectivity index (χ0v) is 18.5. The zero-order valence-electron chi connectivity index (χ0n) is 15.7. The van der Waals surface area contributed by atoms with E-state index in [-0.39, 0.29) is 0 Å². The molecule has 0 fully saturated rings. The number of fused-ring (bicyclic) bond motifs is 1. The van der Waals surface area contributed by atoms with E-state index in [0.717, 1.165) is 0 Å². The normalized spacial score (nSPS) is 12.2. The van der Waals surface area contributed by atoms with Gasteiger partial charge in [-0.2, -0.15) is 0 Å². The molecule has 1 aromatic heterocycles. The summed E-state index contributed by atoms with van der Waals surface area (Å²) >= 11 is -2.32. The van der Waals surface area contributed by atoms with E-state index in [9.17, 15) is 0 Å². The summed E-state index contributed by atoms with van der Waals surface area (Å²) in [5.74, 6) is 0. The van der Waals surface area contributed by atoms with Gasteiger partial charge in [0.15, 0.2) is 0 Å². The molecule has 0 atom stereocenters. The van der Waals surface area contributed by atoms with Crippen molar-refractivity contribution in [3.05, 3.63) is 29.8 Å². The van der Waals surface area contributed by atoms with E-state index in [1.165, 1.54) is 49.4 Å². The number of rotatable bonds is 10. The van der Waals surface area contributed by atoms with Crippen LogP contribution in [-0.2, 0) is 0 Å². The summed E-state index contributed by atoms with van der Waals surface area (Å²) in [5, 5.41) is 1.47. The van der Waals surface area contributed by atoms with Crippen LogP contribution in [0.5, 0.6) is 0 Å². The number of aromatic nitrogens is 1. The van der Waals surface area contributed by atoms with Crippen LogP contribution in [0.25, 0.3) is 10.9 Å². The fourth-order valence-corrected chi connectivity index (χ4v) is 21.0. The van der Waals surface area contributed by atoms with Crippen LogP contribution in [0.4, 0.5) is 0 Å². The Kier molecular flexibility index (Phi) is 7.51. The van der Waals surface area contributed by atoms with Crippen LogP contribution >= 0.6 is 0 Å². The van der Waals surface area contributed by atoms with Crippen molar-refractivity contribution in [2.24, 2.45) is 0 Å². The maximum absolute atomic E-state index is 3.92. The first-order valence-corrected chi connectivity index (χ1v) is 17.2. The Bertz CT molecular complexity index is 577. The topological polar surface area (TPSA) is 15.8 Å². The number of unbranched alkanes of at least 4 members (excludes halogenated alkanes) is 3. The third kappa shape index (κ3) is 4.35. The Morgan fingerprint density at radius 2 is 1.35 bits per heavy atom. The van der Waals surface area contributed by atoms with Crippen molar-refractivity contribution in [2.75, 3.05) is 0 Å². The second-order valence-corrected chi connectivity index (χ2v) is 20.3. The molecule has 23 heavy (non-hydrogen) atoms. The Labute approximate surface area is 147 Å². The summed E-state index contributed by atoms with van der Waals surface area (Å²) in [6.07, 6.45) is 8.32. The molecule has 0 aliphatic rings. The molecule has 0 aliphatic heterocycles. The number of aryl methyl sites for hydroxylation is 1. The van der Waals surface area contributed by atoms with Crippen molar-refractivity contribution in [1.82, 2.24) is 4.98 Å². The second kappa shape index (κ2) is 9.15. The Morgan fingerprint density at radius 3 is 1.83 bits per heavy atom. The molecule has 2 heteroatoms. The monoisotopic (exact) mass is 421 g/mol. The third-order valence-electron chi connectivity index (χ3n) is 5.52. The molecule has 2 aromatic rings. The number of nitrogens with one attached hydrogen (secondary N) is 1. The number of aromatic amines is 1. The standard InChI is InChI=1S/C9H8N.3C4H9.Sn/c1-7-6-10-9-5-3-2-4-8(7)9;3*1-3-4-2;/h2-5,10H,1H3;3*1,3-4H2,2H3;. The fourth-order valence-electron chi connectivity index (χ4n) is 4.11. The second-order valence-electron chi connectivity index (χ2n) is 7.26. The maximum atomic E-state index is 3.92. The van der Waals surface area contributed by atoms with Crippen LogP contribution in [-0.4, -0.2) is 23.4 Å². The van der Waals surface area contributed by atoms with E-state index >= 15 is 0 Å². The van der Waals surface area contributed by atoms with Crippen molar-refractivity contribution in [3.8, 4) is 0 Å². The predicted octanol–water partition coefficient (Wildman–Crippen LogP) is 6.53. The first-order valence-electron chi connectivity index (χ1n) is 9.76. The van der Waals surface area contributed by atoms with Gasteiger partial charge in [0.25, 0.3) is 0 Å². The van der Waals surface area contributed by atoms with Crippen LogP contribution in [0.3, 0.4) is 0 Å². The van der Waals surface area contributed by atoms with E-state index in [0.29, 0.717) is 0 Å². The van der Waals surface area contributed by atoms with Crippen LogP contribution < -0.4 is 3.71 Å². The molecule has 0 aliphatic carbocycles. The molecular weight excluding hydrogens is 385 g/mol.